The highest BCUT2D eigenvalue weighted by atomic mass is 16.3. The van der Waals surface area contributed by atoms with Crippen LogP contribution in [0.1, 0.15) is 52.0 Å². The number of β-amino-alcohol motifs (C(OH)–C–C–N with tert-alkyl or cyclic N) is 1. The zero-order chi connectivity index (χ0) is 20.5. The van der Waals surface area contributed by atoms with Crippen LogP contribution < -0.4 is 16.0 Å². The van der Waals surface area contributed by atoms with Crippen molar-refractivity contribution in [2.75, 3.05) is 13.1 Å². The fraction of sp³-hybridized carbons (Fsp3) is 0.500. The third-order valence-electron chi connectivity index (χ3n) is 5.75. The molecule has 0 radical (unpaired) electrons. The molecule has 0 saturated carbocycles. The van der Waals surface area contributed by atoms with Gasteiger partial charge < -0.3 is 15.7 Å². The molecular formula is C20H24N4O5. The summed E-state index contributed by atoms with van der Waals surface area (Å²) in [6.07, 6.45) is 1.37. The summed E-state index contributed by atoms with van der Waals surface area (Å²) in [5.41, 5.74) is 1.30. The van der Waals surface area contributed by atoms with Crippen LogP contribution in [0.5, 0.6) is 0 Å². The van der Waals surface area contributed by atoms with Crippen LogP contribution in [0.3, 0.4) is 0 Å². The molecule has 1 aromatic carbocycles. The third-order valence-corrected chi connectivity index (χ3v) is 5.75. The molecule has 0 bridgehead atoms. The molecule has 29 heavy (non-hydrogen) atoms. The van der Waals surface area contributed by atoms with Gasteiger partial charge in [0.2, 0.25) is 11.8 Å². The van der Waals surface area contributed by atoms with Gasteiger partial charge in [-0.25, -0.2) is 0 Å². The Balaban J connectivity index is 1.52. The van der Waals surface area contributed by atoms with Gasteiger partial charge in [-0.1, -0.05) is 12.1 Å². The number of fused-ring (bicyclic) bond motifs is 1. The molecule has 0 aromatic heterocycles. The van der Waals surface area contributed by atoms with Crippen LogP contribution >= 0.6 is 0 Å². The van der Waals surface area contributed by atoms with E-state index in [1.165, 1.54) is 0 Å². The van der Waals surface area contributed by atoms with Crippen molar-refractivity contribution in [3.05, 3.63) is 34.9 Å². The highest BCUT2D eigenvalue weighted by Gasteiger charge is 2.45. The second-order valence-electron chi connectivity index (χ2n) is 7.75. The number of aliphatic hydroxyl groups excluding tert-OH is 1. The Labute approximate surface area is 167 Å². The number of hydrogen-bond donors (Lipinski definition) is 4. The van der Waals surface area contributed by atoms with Gasteiger partial charge in [0.1, 0.15) is 6.04 Å². The van der Waals surface area contributed by atoms with E-state index in [9.17, 15) is 24.3 Å². The van der Waals surface area contributed by atoms with Gasteiger partial charge in [-0.2, -0.15) is 0 Å². The Hall–Kier alpha value is -2.62. The lowest BCUT2D eigenvalue weighted by molar-refractivity contribution is -0.136. The summed E-state index contributed by atoms with van der Waals surface area (Å²) < 4.78 is 0. The highest BCUT2D eigenvalue weighted by Crippen LogP contribution is 2.30. The van der Waals surface area contributed by atoms with Gasteiger partial charge in [0.15, 0.2) is 0 Å². The monoisotopic (exact) mass is 400 g/mol. The molecule has 9 heteroatoms. The highest BCUT2D eigenvalue weighted by molar-refractivity contribution is 6.24. The van der Waals surface area contributed by atoms with Gasteiger partial charge in [-0.05, 0) is 30.9 Å². The largest absolute Gasteiger partial charge is 0.392 e. The van der Waals surface area contributed by atoms with Crippen molar-refractivity contribution in [2.24, 2.45) is 0 Å². The average molecular weight is 400 g/mol. The molecule has 2 saturated heterocycles. The molecule has 1 unspecified atom stereocenters. The number of carbonyl (C=O) groups excluding carboxylic acids is 4. The Kier molecular flexibility index (Phi) is 5.44. The van der Waals surface area contributed by atoms with Crippen LogP contribution in [0.4, 0.5) is 0 Å². The maximum atomic E-state index is 13.1. The number of aliphatic hydroxyl groups is 1. The van der Waals surface area contributed by atoms with Crippen LogP contribution in [0.25, 0.3) is 0 Å². The smallest absolute Gasteiger partial charge is 0.262 e. The van der Waals surface area contributed by atoms with Gasteiger partial charge >= 0.3 is 0 Å². The van der Waals surface area contributed by atoms with Crippen molar-refractivity contribution in [3.8, 4) is 0 Å². The molecule has 4 amide bonds. The SMILES string of the molecule is O=C1CCC(N2C(=O)c3cccc(CN[C@H]4CC[C@@H](O)CNC4)c3C2=O)C(=O)N1. The standard InChI is InChI=1S/C20H24N4O5/c25-13-5-4-12(9-21-10-13)22-8-11-2-1-3-14-17(11)20(29)24(19(14)28)15-6-7-16(26)23-18(15)27/h1-3,12-13,15,21-22,25H,4-10H2,(H,23,26,27)/t12-,13+,15?/m0/s1. The predicted octanol–water partition coefficient (Wildman–Crippen LogP) is -0.710. The summed E-state index contributed by atoms with van der Waals surface area (Å²) in [5, 5.41) is 18.5. The topological polar surface area (TPSA) is 128 Å². The fourth-order valence-corrected chi connectivity index (χ4v) is 4.18. The number of imide groups is 2. The number of rotatable bonds is 4. The molecule has 3 aliphatic heterocycles. The second kappa shape index (κ2) is 8.02. The van der Waals surface area contributed by atoms with Gasteiger partial charge in [0, 0.05) is 32.1 Å². The summed E-state index contributed by atoms with van der Waals surface area (Å²) >= 11 is 0. The number of amides is 4. The van der Waals surface area contributed by atoms with E-state index in [1.54, 1.807) is 18.2 Å². The third kappa shape index (κ3) is 3.81. The molecule has 3 aliphatic rings. The first-order chi connectivity index (χ1) is 14.0. The molecule has 3 atom stereocenters. The zero-order valence-corrected chi connectivity index (χ0v) is 15.9. The van der Waals surface area contributed by atoms with E-state index in [1.807, 2.05) is 0 Å². The van der Waals surface area contributed by atoms with Crippen LogP contribution in [0, 0.1) is 0 Å². The lowest BCUT2D eigenvalue weighted by Crippen LogP contribution is -2.54. The second-order valence-corrected chi connectivity index (χ2v) is 7.75. The molecule has 2 fully saturated rings. The van der Waals surface area contributed by atoms with Gasteiger partial charge in [0.25, 0.3) is 11.8 Å². The minimum atomic E-state index is -0.964. The van der Waals surface area contributed by atoms with Crippen molar-refractivity contribution in [1.82, 2.24) is 20.9 Å². The van der Waals surface area contributed by atoms with E-state index < -0.39 is 29.7 Å². The number of nitrogens with one attached hydrogen (secondary N) is 3. The minimum Gasteiger partial charge on any atom is -0.392 e. The van der Waals surface area contributed by atoms with Crippen LogP contribution in [-0.2, 0) is 16.1 Å². The summed E-state index contributed by atoms with van der Waals surface area (Å²) in [7, 11) is 0. The van der Waals surface area contributed by atoms with Gasteiger partial charge in [0.05, 0.1) is 17.2 Å². The lowest BCUT2D eigenvalue weighted by Gasteiger charge is -2.27. The first-order valence-electron chi connectivity index (χ1n) is 9.91. The van der Waals surface area contributed by atoms with E-state index in [4.69, 9.17) is 0 Å². The fourth-order valence-electron chi connectivity index (χ4n) is 4.18. The molecule has 9 nitrogen and oxygen atoms in total. The van der Waals surface area contributed by atoms with Crippen LogP contribution in [0.15, 0.2) is 18.2 Å². The average Bonchev–Trinajstić information content (AvgIpc) is 2.83. The van der Waals surface area contributed by atoms with Crippen molar-refractivity contribution in [3.63, 3.8) is 0 Å². The Morgan fingerprint density at radius 2 is 1.90 bits per heavy atom. The summed E-state index contributed by atoms with van der Waals surface area (Å²) in [6, 6.07) is 4.29. The van der Waals surface area contributed by atoms with Gasteiger partial charge in [-0.15, -0.1) is 0 Å². The van der Waals surface area contributed by atoms with E-state index >= 15 is 0 Å². The summed E-state index contributed by atoms with van der Waals surface area (Å²) in [4.78, 5) is 50.5. The lowest BCUT2D eigenvalue weighted by atomic mass is 10.0. The molecule has 4 rings (SSSR count). The zero-order valence-electron chi connectivity index (χ0n) is 15.9. The number of carbonyl (C=O) groups is 4. The van der Waals surface area contributed by atoms with E-state index in [2.05, 4.69) is 16.0 Å². The minimum absolute atomic E-state index is 0.0960. The normalized spacial score (nSPS) is 27.6. The number of hydrogen-bond acceptors (Lipinski definition) is 7. The predicted molar refractivity (Wildman–Crippen MR) is 102 cm³/mol. The van der Waals surface area contributed by atoms with Crippen molar-refractivity contribution < 1.29 is 24.3 Å². The van der Waals surface area contributed by atoms with Crippen LogP contribution in [-0.4, -0.2) is 64.9 Å². The molecule has 0 spiro atoms. The Bertz CT molecular complexity index is 870. The molecular weight excluding hydrogens is 376 g/mol. The molecule has 1 aromatic rings. The number of piperidine rings is 1. The molecule has 154 valence electrons. The van der Waals surface area contributed by atoms with E-state index in [-0.39, 0.29) is 30.6 Å². The van der Waals surface area contributed by atoms with Crippen molar-refractivity contribution >= 4 is 23.6 Å². The Morgan fingerprint density at radius 1 is 1.07 bits per heavy atom. The van der Waals surface area contributed by atoms with Crippen LogP contribution in [0.2, 0.25) is 0 Å². The van der Waals surface area contributed by atoms with Crippen molar-refractivity contribution in [2.45, 2.75) is 50.4 Å². The Morgan fingerprint density at radius 3 is 2.69 bits per heavy atom. The first-order valence-corrected chi connectivity index (χ1v) is 9.91. The number of nitrogens with zero attached hydrogens (tertiary/aromatic N) is 1. The summed E-state index contributed by atoms with van der Waals surface area (Å²) in [5.74, 6) is -2.00. The van der Waals surface area contributed by atoms with E-state index in [0.717, 1.165) is 11.3 Å². The van der Waals surface area contributed by atoms with Gasteiger partial charge in [-0.3, -0.25) is 29.4 Å². The number of benzene rings is 1. The van der Waals surface area contributed by atoms with E-state index in [0.29, 0.717) is 37.2 Å². The molecule has 4 N–H and O–H groups in total. The maximum absolute atomic E-state index is 13.1. The first kappa shape index (κ1) is 19.7. The summed E-state index contributed by atoms with van der Waals surface area (Å²) in [6.45, 7) is 1.67. The quantitative estimate of drug-likeness (QED) is 0.492. The molecule has 3 heterocycles. The molecule has 0 aliphatic carbocycles. The maximum Gasteiger partial charge on any atom is 0.262 e. The van der Waals surface area contributed by atoms with Crippen molar-refractivity contribution in [1.29, 1.82) is 0 Å².